The van der Waals surface area contributed by atoms with Crippen LogP contribution in [-0.4, -0.2) is 35.8 Å². The molecular weight excluding hydrogens is 354 g/mol. The number of fused-ring (bicyclic) bond motifs is 1. The third kappa shape index (κ3) is 5.43. The van der Waals surface area contributed by atoms with Gasteiger partial charge in [0.25, 0.3) is 0 Å². The van der Waals surface area contributed by atoms with Gasteiger partial charge in [-0.15, -0.1) is 0 Å². The van der Waals surface area contributed by atoms with E-state index in [4.69, 9.17) is 16.3 Å². The Morgan fingerprint density at radius 3 is 2.76 bits per heavy atom. The zero-order valence-electron chi connectivity index (χ0n) is 15.4. The Balaban J connectivity index is 2.25. The predicted molar refractivity (Wildman–Crippen MR) is 105 cm³/mol. The summed E-state index contributed by atoms with van der Waals surface area (Å²) in [4.78, 5) is 8.58. The summed E-state index contributed by atoms with van der Waals surface area (Å²) in [7, 11) is -1.13. The van der Waals surface area contributed by atoms with Crippen molar-refractivity contribution in [1.82, 2.24) is 14.5 Å². The van der Waals surface area contributed by atoms with E-state index in [1.807, 2.05) is 4.57 Å². The number of rotatable bonds is 9. The van der Waals surface area contributed by atoms with Crippen molar-refractivity contribution in [3.05, 3.63) is 17.0 Å². The van der Waals surface area contributed by atoms with Gasteiger partial charge in [0, 0.05) is 27.4 Å². The fraction of sp³-hybridized carbons (Fsp3) is 0.588. The second kappa shape index (κ2) is 8.65. The van der Waals surface area contributed by atoms with Crippen LogP contribution >= 0.6 is 11.6 Å². The molecule has 0 atom stereocenters. The quantitative estimate of drug-likeness (QED) is 0.395. The molecule has 0 amide bonds. The molecule has 0 bridgehead atoms. The number of hydrogen-bond donors (Lipinski definition) is 1. The molecule has 0 aliphatic rings. The van der Waals surface area contributed by atoms with Crippen molar-refractivity contribution < 1.29 is 4.74 Å². The minimum absolute atomic E-state index is 0.164. The molecule has 136 valence electrons. The van der Waals surface area contributed by atoms with Crippen molar-refractivity contribution >= 4 is 36.5 Å². The van der Waals surface area contributed by atoms with Crippen LogP contribution in [0.15, 0.2) is 6.20 Å². The van der Waals surface area contributed by atoms with Crippen molar-refractivity contribution in [2.24, 2.45) is 0 Å². The lowest BCUT2D eigenvalue weighted by atomic mass is 10.2. The van der Waals surface area contributed by atoms with Crippen LogP contribution < -0.4 is 5.32 Å². The molecule has 2 rings (SSSR count). The molecule has 0 unspecified atom stereocenters. The Kier molecular flexibility index (Phi) is 6.82. The van der Waals surface area contributed by atoms with E-state index in [1.54, 1.807) is 6.20 Å². The maximum absolute atomic E-state index is 9.48. The summed E-state index contributed by atoms with van der Waals surface area (Å²) < 4.78 is 7.63. The summed E-state index contributed by atoms with van der Waals surface area (Å²) >= 11 is 6.09. The average Bonchev–Trinajstić information content (AvgIpc) is 2.88. The van der Waals surface area contributed by atoms with Crippen LogP contribution in [0, 0.1) is 11.3 Å². The number of nitrogens with one attached hydrogen (secondary N) is 1. The van der Waals surface area contributed by atoms with E-state index in [2.05, 4.69) is 47.9 Å². The summed E-state index contributed by atoms with van der Waals surface area (Å²) in [5.74, 6) is 0.612. The van der Waals surface area contributed by atoms with Crippen LogP contribution in [0.25, 0.3) is 11.0 Å². The van der Waals surface area contributed by atoms with E-state index in [9.17, 15) is 5.26 Å². The van der Waals surface area contributed by atoms with Crippen LogP contribution in [0.5, 0.6) is 0 Å². The highest BCUT2D eigenvalue weighted by atomic mass is 35.5. The number of nitriles is 1. The Labute approximate surface area is 155 Å². The maximum atomic E-state index is 9.48. The van der Waals surface area contributed by atoms with E-state index in [1.165, 1.54) is 0 Å². The Morgan fingerprint density at radius 2 is 2.12 bits per heavy atom. The third-order valence-electron chi connectivity index (χ3n) is 3.86. The highest BCUT2D eigenvalue weighted by Crippen LogP contribution is 2.27. The molecule has 1 N–H and O–H groups in total. The number of unbranched alkanes of at least 4 members (excludes halogenated alkanes) is 1. The number of nitrogens with zero attached hydrogens (tertiary/aromatic N) is 4. The fourth-order valence-electron chi connectivity index (χ4n) is 2.40. The lowest BCUT2D eigenvalue weighted by molar-refractivity contribution is 0.0898. The smallest absolute Gasteiger partial charge is 0.226 e. The molecule has 2 heterocycles. The van der Waals surface area contributed by atoms with Gasteiger partial charge < -0.3 is 14.6 Å². The van der Waals surface area contributed by atoms with Gasteiger partial charge in [0.1, 0.15) is 24.3 Å². The van der Waals surface area contributed by atoms with E-state index < -0.39 is 8.07 Å². The molecule has 2 aromatic heterocycles. The second-order valence-corrected chi connectivity index (χ2v) is 13.3. The molecule has 8 heteroatoms. The maximum Gasteiger partial charge on any atom is 0.226 e. The molecule has 6 nitrogen and oxygen atoms in total. The number of halogens is 1. The molecule has 0 radical (unpaired) electrons. The highest BCUT2D eigenvalue weighted by Gasteiger charge is 2.17. The summed E-state index contributed by atoms with van der Waals surface area (Å²) in [6.45, 7) is 10.9. The van der Waals surface area contributed by atoms with Crippen molar-refractivity contribution in [3.63, 3.8) is 0 Å². The van der Waals surface area contributed by atoms with Gasteiger partial charge in [0.15, 0.2) is 0 Å². The molecule has 0 aliphatic heterocycles. The molecule has 0 aromatic carbocycles. The SMILES string of the molecule is CCCCNc1nc(Cl)nc2c1c(C#N)cn2COCC[Si](C)(C)C. The lowest BCUT2D eigenvalue weighted by Crippen LogP contribution is -2.22. The van der Waals surface area contributed by atoms with Gasteiger partial charge in [-0.2, -0.15) is 10.2 Å². The topological polar surface area (TPSA) is 75.8 Å². The van der Waals surface area contributed by atoms with Gasteiger partial charge in [-0.25, -0.2) is 4.98 Å². The van der Waals surface area contributed by atoms with E-state index in [0.717, 1.165) is 25.4 Å². The summed E-state index contributed by atoms with van der Waals surface area (Å²) in [6, 6.07) is 3.32. The first-order valence-corrected chi connectivity index (χ1v) is 12.7. The van der Waals surface area contributed by atoms with Gasteiger partial charge in [-0.05, 0) is 24.1 Å². The van der Waals surface area contributed by atoms with Crippen molar-refractivity contribution in [2.45, 2.75) is 52.2 Å². The molecule has 0 fully saturated rings. The third-order valence-corrected chi connectivity index (χ3v) is 5.73. The molecule has 0 spiro atoms. The molecule has 25 heavy (non-hydrogen) atoms. The van der Waals surface area contributed by atoms with Gasteiger partial charge in [0.05, 0.1) is 10.9 Å². The predicted octanol–water partition coefficient (Wildman–Crippen LogP) is 4.48. The second-order valence-electron chi connectivity index (χ2n) is 7.29. The minimum Gasteiger partial charge on any atom is -0.369 e. The summed E-state index contributed by atoms with van der Waals surface area (Å²) in [6.07, 6.45) is 3.85. The standard InChI is InChI=1S/C17H26ClN5OSi/c1-5-6-7-20-15-14-13(10-19)11-23(16(14)22-17(18)21-15)12-24-8-9-25(2,3)4/h11H,5-9,12H2,1-4H3,(H,20,21,22). The lowest BCUT2D eigenvalue weighted by Gasteiger charge is -2.15. The summed E-state index contributed by atoms with van der Waals surface area (Å²) in [5, 5.41) is 13.6. The zero-order valence-corrected chi connectivity index (χ0v) is 17.2. The van der Waals surface area contributed by atoms with Crippen molar-refractivity contribution in [3.8, 4) is 6.07 Å². The van der Waals surface area contributed by atoms with Gasteiger partial charge in [0.2, 0.25) is 5.28 Å². The van der Waals surface area contributed by atoms with E-state index >= 15 is 0 Å². The number of aromatic nitrogens is 3. The van der Waals surface area contributed by atoms with Crippen molar-refractivity contribution in [1.29, 1.82) is 5.26 Å². The number of anilines is 1. The van der Waals surface area contributed by atoms with Gasteiger partial charge in [-0.1, -0.05) is 33.0 Å². The Bertz CT molecular complexity index is 763. The van der Waals surface area contributed by atoms with Crippen LogP contribution in [0.1, 0.15) is 25.3 Å². The van der Waals surface area contributed by atoms with Crippen LogP contribution in [0.3, 0.4) is 0 Å². The molecule has 2 aromatic rings. The van der Waals surface area contributed by atoms with Gasteiger partial charge >= 0.3 is 0 Å². The van der Waals surface area contributed by atoms with Crippen molar-refractivity contribution in [2.75, 3.05) is 18.5 Å². The first-order chi connectivity index (χ1) is 11.9. The average molecular weight is 380 g/mol. The largest absolute Gasteiger partial charge is 0.369 e. The molecule has 0 aliphatic carbocycles. The molecular formula is C17H26ClN5OSi. The van der Waals surface area contributed by atoms with Gasteiger partial charge in [-0.3, -0.25) is 0 Å². The molecule has 0 saturated heterocycles. The monoisotopic (exact) mass is 379 g/mol. The number of hydrogen-bond acceptors (Lipinski definition) is 5. The Morgan fingerprint density at radius 1 is 1.36 bits per heavy atom. The van der Waals surface area contributed by atoms with Crippen LogP contribution in [0.4, 0.5) is 5.82 Å². The van der Waals surface area contributed by atoms with Crippen LogP contribution in [-0.2, 0) is 11.5 Å². The highest BCUT2D eigenvalue weighted by molar-refractivity contribution is 6.76. The normalized spacial score (nSPS) is 11.7. The number of ether oxygens (including phenoxy) is 1. The first-order valence-electron chi connectivity index (χ1n) is 8.64. The first kappa shape index (κ1) is 19.7. The fourth-order valence-corrected chi connectivity index (χ4v) is 3.32. The molecule has 0 saturated carbocycles. The van der Waals surface area contributed by atoms with Crippen LogP contribution in [0.2, 0.25) is 31.0 Å². The minimum atomic E-state index is -1.13. The Hall–Kier alpha value is -1.62. The van der Waals surface area contributed by atoms with E-state index in [-0.39, 0.29) is 5.28 Å². The van der Waals surface area contributed by atoms with E-state index in [0.29, 0.717) is 35.8 Å². The zero-order chi connectivity index (χ0) is 18.4. The summed E-state index contributed by atoms with van der Waals surface area (Å²) in [5.41, 5.74) is 1.16.